The highest BCUT2D eigenvalue weighted by molar-refractivity contribution is 5.93. The van der Waals surface area contributed by atoms with Crippen molar-refractivity contribution in [3.8, 4) is 17.2 Å². The number of carbonyl (C=O) groups is 1. The van der Waals surface area contributed by atoms with Crippen molar-refractivity contribution in [2.75, 3.05) is 11.9 Å². The minimum atomic E-state index is -0.226. The first-order valence-electron chi connectivity index (χ1n) is 9.38. The third kappa shape index (κ3) is 4.11. The van der Waals surface area contributed by atoms with Crippen LogP contribution >= 0.6 is 0 Å². The van der Waals surface area contributed by atoms with Crippen molar-refractivity contribution in [1.29, 1.82) is 0 Å². The van der Waals surface area contributed by atoms with E-state index in [1.165, 1.54) is 0 Å². The SMILES string of the molecule is Cc1ccc(OCC(=O)Nc2cc(-c3nc4[nH+]cccc4o3)ccc2C)c(C)c1. The van der Waals surface area contributed by atoms with E-state index in [2.05, 4.69) is 15.3 Å². The van der Waals surface area contributed by atoms with Gasteiger partial charge in [0.15, 0.2) is 6.61 Å². The van der Waals surface area contributed by atoms with Gasteiger partial charge in [-0.05, 0) is 62.2 Å². The van der Waals surface area contributed by atoms with Crippen LogP contribution in [0.2, 0.25) is 0 Å². The second kappa shape index (κ2) is 7.75. The van der Waals surface area contributed by atoms with Crippen LogP contribution in [0.4, 0.5) is 5.69 Å². The number of aromatic nitrogens is 2. The number of hydrogen-bond acceptors (Lipinski definition) is 4. The monoisotopic (exact) mass is 388 g/mol. The molecule has 0 spiro atoms. The molecule has 6 heteroatoms. The van der Waals surface area contributed by atoms with E-state index in [1.807, 2.05) is 69.3 Å². The van der Waals surface area contributed by atoms with Gasteiger partial charge in [0, 0.05) is 10.7 Å². The Morgan fingerprint density at radius 1 is 1.10 bits per heavy atom. The van der Waals surface area contributed by atoms with Gasteiger partial charge in [-0.2, -0.15) is 0 Å². The Hall–Kier alpha value is -3.67. The Balaban J connectivity index is 1.49. The largest absolute Gasteiger partial charge is 0.483 e. The van der Waals surface area contributed by atoms with Crippen molar-refractivity contribution in [2.45, 2.75) is 20.8 Å². The van der Waals surface area contributed by atoms with Crippen LogP contribution in [0, 0.1) is 20.8 Å². The van der Waals surface area contributed by atoms with Crippen LogP contribution in [-0.4, -0.2) is 17.5 Å². The van der Waals surface area contributed by atoms with Crippen molar-refractivity contribution in [3.63, 3.8) is 0 Å². The van der Waals surface area contributed by atoms with Gasteiger partial charge in [-0.15, -0.1) is 0 Å². The summed E-state index contributed by atoms with van der Waals surface area (Å²) in [6, 6.07) is 15.3. The lowest BCUT2D eigenvalue weighted by Crippen LogP contribution is -2.21. The number of nitrogens with one attached hydrogen (secondary N) is 2. The maximum atomic E-state index is 12.4. The van der Waals surface area contributed by atoms with Gasteiger partial charge in [0.1, 0.15) is 5.75 Å². The molecule has 6 nitrogen and oxygen atoms in total. The molecule has 0 unspecified atom stereocenters. The summed E-state index contributed by atoms with van der Waals surface area (Å²) in [5.41, 5.74) is 5.93. The standard InChI is InChI=1S/C23H21N3O3/c1-14-6-9-19(16(3)11-14)28-13-21(27)25-18-12-17(8-7-15(18)2)23-26-22-20(29-23)5-4-10-24-22/h4-12H,13H2,1-3H3,(H,25,27)/p+1. The fourth-order valence-electron chi connectivity index (χ4n) is 3.11. The predicted octanol–water partition coefficient (Wildman–Crippen LogP) is 4.25. The molecule has 0 bridgehead atoms. The molecule has 0 atom stereocenters. The Kier molecular flexibility index (Phi) is 4.99. The number of carbonyl (C=O) groups excluding carboxylic acids is 1. The van der Waals surface area contributed by atoms with E-state index < -0.39 is 0 Å². The van der Waals surface area contributed by atoms with E-state index in [0.717, 1.165) is 22.3 Å². The molecule has 0 aliphatic heterocycles. The summed E-state index contributed by atoms with van der Waals surface area (Å²) in [7, 11) is 0. The van der Waals surface area contributed by atoms with Crippen molar-refractivity contribution in [1.82, 2.24) is 4.98 Å². The minimum absolute atomic E-state index is 0.0641. The molecule has 2 N–H and O–H groups in total. The lowest BCUT2D eigenvalue weighted by Gasteiger charge is -2.12. The average Bonchev–Trinajstić information content (AvgIpc) is 3.13. The second-order valence-electron chi connectivity index (χ2n) is 7.04. The summed E-state index contributed by atoms with van der Waals surface area (Å²) in [5, 5.41) is 2.91. The molecule has 29 heavy (non-hydrogen) atoms. The van der Waals surface area contributed by atoms with Gasteiger partial charge in [0.25, 0.3) is 5.91 Å². The number of aromatic amines is 1. The smallest absolute Gasteiger partial charge is 0.368 e. The number of fused-ring (bicyclic) bond motifs is 1. The van der Waals surface area contributed by atoms with Crippen LogP contribution < -0.4 is 15.0 Å². The fourth-order valence-corrected chi connectivity index (χ4v) is 3.11. The highest BCUT2D eigenvalue weighted by atomic mass is 16.5. The number of hydrogen-bond donors (Lipinski definition) is 1. The van der Waals surface area contributed by atoms with Gasteiger partial charge < -0.3 is 14.5 Å². The maximum Gasteiger partial charge on any atom is 0.368 e. The predicted molar refractivity (Wildman–Crippen MR) is 111 cm³/mol. The van der Waals surface area contributed by atoms with Gasteiger partial charge in [-0.25, -0.2) is 4.98 Å². The van der Waals surface area contributed by atoms with Gasteiger partial charge in [-0.1, -0.05) is 23.8 Å². The number of aryl methyl sites for hydroxylation is 3. The zero-order valence-electron chi connectivity index (χ0n) is 16.6. The van der Waals surface area contributed by atoms with Gasteiger partial charge in [0.2, 0.25) is 5.58 Å². The molecule has 0 saturated heterocycles. The molecule has 4 aromatic rings. The topological polar surface area (TPSA) is 78.5 Å². The molecule has 2 heterocycles. The molecule has 0 saturated carbocycles. The summed E-state index contributed by atoms with van der Waals surface area (Å²) in [6.45, 7) is 5.86. The van der Waals surface area contributed by atoms with Gasteiger partial charge in [0.05, 0.1) is 11.8 Å². The number of amides is 1. The lowest BCUT2D eigenvalue weighted by atomic mass is 10.1. The Labute approximate surface area is 168 Å². The van der Waals surface area contributed by atoms with Crippen LogP contribution in [0.5, 0.6) is 5.75 Å². The summed E-state index contributed by atoms with van der Waals surface area (Å²) in [6.07, 6.45) is 1.80. The van der Waals surface area contributed by atoms with Crippen molar-refractivity contribution < 1.29 is 18.9 Å². The maximum absolute atomic E-state index is 12.4. The molecule has 0 fully saturated rings. The quantitative estimate of drug-likeness (QED) is 0.554. The summed E-state index contributed by atoms with van der Waals surface area (Å²) < 4.78 is 11.5. The molecule has 0 radical (unpaired) electrons. The molecular weight excluding hydrogens is 366 g/mol. The first-order valence-corrected chi connectivity index (χ1v) is 9.38. The van der Waals surface area contributed by atoms with E-state index in [-0.39, 0.29) is 12.5 Å². The van der Waals surface area contributed by atoms with Crippen LogP contribution in [0.25, 0.3) is 22.7 Å². The summed E-state index contributed by atoms with van der Waals surface area (Å²) in [5.74, 6) is 0.972. The number of benzene rings is 2. The average molecular weight is 388 g/mol. The summed E-state index contributed by atoms with van der Waals surface area (Å²) in [4.78, 5) is 19.9. The normalized spacial score (nSPS) is 10.9. The second-order valence-corrected chi connectivity index (χ2v) is 7.04. The number of nitrogens with zero attached hydrogens (tertiary/aromatic N) is 1. The number of H-pyrrole nitrogens is 1. The zero-order chi connectivity index (χ0) is 20.4. The highest BCUT2D eigenvalue weighted by Crippen LogP contribution is 2.27. The van der Waals surface area contributed by atoms with Crippen molar-refractivity contribution in [2.24, 2.45) is 0 Å². The Bertz CT molecular complexity index is 1160. The Morgan fingerprint density at radius 3 is 2.76 bits per heavy atom. The number of rotatable bonds is 5. The molecule has 0 aliphatic carbocycles. The first-order chi connectivity index (χ1) is 14.0. The minimum Gasteiger partial charge on any atom is -0.483 e. The molecule has 2 aromatic heterocycles. The molecular formula is C23H22N3O3+. The van der Waals surface area contributed by atoms with Crippen LogP contribution in [0.1, 0.15) is 16.7 Å². The van der Waals surface area contributed by atoms with Gasteiger partial charge >= 0.3 is 11.5 Å². The Morgan fingerprint density at radius 2 is 1.97 bits per heavy atom. The third-order valence-electron chi connectivity index (χ3n) is 4.67. The third-order valence-corrected chi connectivity index (χ3v) is 4.67. The van der Waals surface area contributed by atoms with E-state index >= 15 is 0 Å². The van der Waals surface area contributed by atoms with Crippen LogP contribution in [0.15, 0.2) is 59.1 Å². The molecule has 4 rings (SSSR count). The van der Waals surface area contributed by atoms with Crippen molar-refractivity contribution in [3.05, 3.63) is 71.4 Å². The number of ether oxygens (including phenoxy) is 1. The van der Waals surface area contributed by atoms with Gasteiger partial charge in [-0.3, -0.25) is 4.79 Å². The lowest BCUT2D eigenvalue weighted by molar-refractivity contribution is -0.347. The first kappa shape index (κ1) is 18.7. The highest BCUT2D eigenvalue weighted by Gasteiger charge is 2.18. The van der Waals surface area contributed by atoms with Crippen LogP contribution in [-0.2, 0) is 4.79 Å². The van der Waals surface area contributed by atoms with E-state index in [4.69, 9.17) is 9.15 Å². The summed E-state index contributed by atoms with van der Waals surface area (Å²) >= 11 is 0. The van der Waals surface area contributed by atoms with E-state index in [1.54, 1.807) is 6.20 Å². The zero-order valence-corrected chi connectivity index (χ0v) is 16.6. The number of anilines is 1. The van der Waals surface area contributed by atoms with E-state index in [9.17, 15) is 4.79 Å². The molecule has 2 aromatic carbocycles. The van der Waals surface area contributed by atoms with E-state index in [0.29, 0.717) is 28.6 Å². The molecule has 0 aliphatic rings. The van der Waals surface area contributed by atoms with Crippen molar-refractivity contribution >= 4 is 22.8 Å². The molecule has 146 valence electrons. The molecule has 1 amide bonds. The number of oxazole rings is 1. The fraction of sp³-hybridized carbons (Fsp3) is 0.174. The number of pyridine rings is 1. The van der Waals surface area contributed by atoms with Crippen LogP contribution in [0.3, 0.4) is 0 Å².